The van der Waals surface area contributed by atoms with E-state index in [1.54, 1.807) is 0 Å². The molecule has 0 aromatic heterocycles. The van der Waals surface area contributed by atoms with E-state index < -0.39 is 5.60 Å². The summed E-state index contributed by atoms with van der Waals surface area (Å²) < 4.78 is 5.51. The van der Waals surface area contributed by atoms with Crippen molar-refractivity contribution < 1.29 is 14.3 Å². The molecule has 0 saturated carbocycles. The molecule has 0 fully saturated rings. The van der Waals surface area contributed by atoms with Crippen LogP contribution in [0.4, 0.5) is 0 Å². The van der Waals surface area contributed by atoms with Crippen molar-refractivity contribution in [3.63, 3.8) is 0 Å². The Morgan fingerprint density at radius 3 is 2.24 bits per heavy atom. The fourth-order valence-corrected chi connectivity index (χ4v) is 2.89. The minimum Gasteiger partial charge on any atom is -0.459 e. The number of ether oxygens (including phenoxy) is 1. The number of hydrogen-bond acceptors (Lipinski definition) is 3. The van der Waals surface area contributed by atoms with Gasteiger partial charge in [-0.15, -0.1) is 6.58 Å². The first-order valence-corrected chi connectivity index (χ1v) is 10.2. The molecule has 0 N–H and O–H groups in total. The zero-order valence-electron chi connectivity index (χ0n) is 17.1. The second-order valence-corrected chi connectivity index (χ2v) is 7.93. The lowest BCUT2D eigenvalue weighted by Gasteiger charge is -2.25. The van der Waals surface area contributed by atoms with Gasteiger partial charge in [-0.1, -0.05) is 58.4 Å². The summed E-state index contributed by atoms with van der Waals surface area (Å²) in [6.07, 6.45) is 13.5. The summed E-state index contributed by atoms with van der Waals surface area (Å²) in [5.74, 6) is 0.111. The zero-order chi connectivity index (χ0) is 19.1. The number of esters is 1. The molecule has 3 heteroatoms. The van der Waals surface area contributed by atoms with Crippen LogP contribution in [0.15, 0.2) is 12.7 Å². The first-order chi connectivity index (χ1) is 11.8. The van der Waals surface area contributed by atoms with Gasteiger partial charge in [-0.2, -0.15) is 0 Å². The molecule has 0 heterocycles. The van der Waals surface area contributed by atoms with Crippen LogP contribution < -0.4 is 0 Å². The summed E-state index contributed by atoms with van der Waals surface area (Å²) in [4.78, 5) is 23.9. The number of carbonyl (C=O) groups excluding carboxylic acids is 2. The summed E-state index contributed by atoms with van der Waals surface area (Å²) >= 11 is 0. The van der Waals surface area contributed by atoms with Crippen LogP contribution in [0.3, 0.4) is 0 Å². The first-order valence-electron chi connectivity index (χ1n) is 10.2. The second kappa shape index (κ2) is 14.1. The van der Waals surface area contributed by atoms with Gasteiger partial charge >= 0.3 is 5.97 Å². The lowest BCUT2D eigenvalue weighted by atomic mass is 9.96. The predicted molar refractivity (Wildman–Crippen MR) is 106 cm³/mol. The lowest BCUT2D eigenvalue weighted by Crippen LogP contribution is -2.29. The van der Waals surface area contributed by atoms with E-state index in [1.165, 1.54) is 32.1 Å². The van der Waals surface area contributed by atoms with Crippen molar-refractivity contribution in [2.75, 3.05) is 0 Å². The van der Waals surface area contributed by atoms with Crippen LogP contribution >= 0.6 is 0 Å². The van der Waals surface area contributed by atoms with Gasteiger partial charge < -0.3 is 4.74 Å². The molecule has 0 saturated heterocycles. The number of allylic oxidation sites excluding steroid dienone is 1. The van der Waals surface area contributed by atoms with Crippen molar-refractivity contribution in [3.8, 4) is 0 Å². The molecule has 25 heavy (non-hydrogen) atoms. The summed E-state index contributed by atoms with van der Waals surface area (Å²) in [5, 5.41) is 0. The fourth-order valence-electron chi connectivity index (χ4n) is 2.89. The molecule has 1 unspecified atom stereocenters. The third-order valence-electron chi connectivity index (χ3n) is 4.63. The molecule has 1 atom stereocenters. The van der Waals surface area contributed by atoms with Gasteiger partial charge in [0.1, 0.15) is 17.8 Å². The quantitative estimate of drug-likeness (QED) is 0.140. The Labute approximate surface area is 155 Å². The number of hydrogen-bond donors (Lipinski definition) is 0. The molecule has 3 nitrogen and oxygen atoms in total. The molecule has 0 aromatic rings. The van der Waals surface area contributed by atoms with Crippen molar-refractivity contribution in [2.45, 2.75) is 110 Å². The average Bonchev–Trinajstić information content (AvgIpc) is 2.52. The van der Waals surface area contributed by atoms with Crippen LogP contribution in [0, 0.1) is 5.92 Å². The predicted octanol–water partition coefficient (Wildman–Crippen LogP) is 6.40. The smallest absolute Gasteiger partial charge is 0.313 e. The van der Waals surface area contributed by atoms with E-state index in [0.717, 1.165) is 32.1 Å². The molecule has 0 bridgehead atoms. The number of unbranched alkanes of at least 4 members (excludes halogenated alkanes) is 6. The number of rotatable bonds is 16. The largest absolute Gasteiger partial charge is 0.459 e. The van der Waals surface area contributed by atoms with Gasteiger partial charge in [0.25, 0.3) is 0 Å². The van der Waals surface area contributed by atoms with Crippen molar-refractivity contribution in [1.29, 1.82) is 0 Å². The Morgan fingerprint density at radius 2 is 1.64 bits per heavy atom. The zero-order valence-corrected chi connectivity index (χ0v) is 17.1. The highest BCUT2D eigenvalue weighted by Crippen LogP contribution is 2.21. The van der Waals surface area contributed by atoms with Crippen LogP contribution in [-0.4, -0.2) is 17.4 Å². The third kappa shape index (κ3) is 14.9. The number of ketones is 1. The number of carbonyl (C=O) groups is 2. The minimum absolute atomic E-state index is 0.00892. The van der Waals surface area contributed by atoms with Crippen LogP contribution in [0.25, 0.3) is 0 Å². The first kappa shape index (κ1) is 23.9. The van der Waals surface area contributed by atoms with Gasteiger partial charge in [0.2, 0.25) is 0 Å². The Morgan fingerprint density at radius 1 is 1.04 bits per heavy atom. The molecule has 0 rings (SSSR count). The highest BCUT2D eigenvalue weighted by Gasteiger charge is 2.23. The van der Waals surface area contributed by atoms with Crippen molar-refractivity contribution >= 4 is 11.8 Å². The minimum atomic E-state index is -0.502. The molecule has 0 amide bonds. The van der Waals surface area contributed by atoms with Gasteiger partial charge in [-0.25, -0.2) is 0 Å². The maximum atomic E-state index is 12.0. The highest BCUT2D eigenvalue weighted by molar-refractivity contribution is 5.95. The van der Waals surface area contributed by atoms with E-state index in [1.807, 2.05) is 19.9 Å². The maximum Gasteiger partial charge on any atom is 0.313 e. The molecule has 146 valence electrons. The Hall–Kier alpha value is -1.12. The van der Waals surface area contributed by atoms with E-state index >= 15 is 0 Å². The topological polar surface area (TPSA) is 43.4 Å². The second-order valence-electron chi connectivity index (χ2n) is 7.93. The Bertz CT molecular complexity index is 385. The molecule has 0 aromatic carbocycles. The molecule has 0 radical (unpaired) electrons. The van der Waals surface area contributed by atoms with E-state index in [0.29, 0.717) is 12.3 Å². The van der Waals surface area contributed by atoms with Crippen molar-refractivity contribution in [3.05, 3.63) is 12.7 Å². The average molecular weight is 353 g/mol. The third-order valence-corrected chi connectivity index (χ3v) is 4.63. The van der Waals surface area contributed by atoms with Crippen molar-refractivity contribution in [2.24, 2.45) is 5.92 Å². The van der Waals surface area contributed by atoms with E-state index in [2.05, 4.69) is 20.4 Å². The Kier molecular flexibility index (Phi) is 13.5. The van der Waals surface area contributed by atoms with Crippen LogP contribution in [-0.2, 0) is 14.3 Å². The van der Waals surface area contributed by atoms with Crippen LogP contribution in [0.1, 0.15) is 105 Å². The summed E-state index contributed by atoms with van der Waals surface area (Å²) in [5.41, 5.74) is -0.502. The summed E-state index contributed by atoms with van der Waals surface area (Å²) in [7, 11) is 0. The van der Waals surface area contributed by atoms with Gasteiger partial charge in [0.15, 0.2) is 0 Å². The SMILES string of the molecule is C=CC(C)CCCC(C)(C)OC(=O)CC(=O)CCCCCCCCC. The van der Waals surface area contributed by atoms with Gasteiger partial charge in [0.05, 0.1) is 0 Å². The van der Waals surface area contributed by atoms with Crippen LogP contribution in [0.5, 0.6) is 0 Å². The molecule has 0 spiro atoms. The summed E-state index contributed by atoms with van der Waals surface area (Å²) in [6.45, 7) is 12.0. The van der Waals surface area contributed by atoms with Gasteiger partial charge in [0, 0.05) is 6.42 Å². The standard InChI is InChI=1S/C22H40O3/c1-6-8-9-10-11-12-13-16-20(23)18-21(24)25-22(4,5)17-14-15-19(3)7-2/h7,19H,2,6,8-18H2,1,3-5H3. The number of Topliss-reactive ketones (excluding diaryl/α,β-unsaturated/α-hetero) is 1. The fraction of sp³-hybridized carbons (Fsp3) is 0.818. The van der Waals surface area contributed by atoms with Gasteiger partial charge in [-0.3, -0.25) is 9.59 Å². The molecule has 0 aliphatic rings. The highest BCUT2D eigenvalue weighted by atomic mass is 16.6. The molecule has 0 aliphatic carbocycles. The lowest BCUT2D eigenvalue weighted by molar-refractivity contribution is -0.158. The maximum absolute atomic E-state index is 12.0. The van der Waals surface area contributed by atoms with E-state index in [-0.39, 0.29) is 18.2 Å². The monoisotopic (exact) mass is 352 g/mol. The van der Waals surface area contributed by atoms with Gasteiger partial charge in [-0.05, 0) is 45.4 Å². The normalized spacial score (nSPS) is 12.6. The molecular formula is C22H40O3. The van der Waals surface area contributed by atoms with E-state index in [9.17, 15) is 9.59 Å². The van der Waals surface area contributed by atoms with E-state index in [4.69, 9.17) is 4.74 Å². The molecule has 0 aliphatic heterocycles. The Balaban J connectivity index is 3.84. The van der Waals surface area contributed by atoms with Crippen LogP contribution in [0.2, 0.25) is 0 Å². The van der Waals surface area contributed by atoms with Crippen molar-refractivity contribution in [1.82, 2.24) is 0 Å². The molecular weight excluding hydrogens is 312 g/mol. The summed E-state index contributed by atoms with van der Waals surface area (Å²) in [6, 6.07) is 0.